The lowest BCUT2D eigenvalue weighted by Crippen LogP contribution is -2.41. The van der Waals surface area contributed by atoms with Crippen LogP contribution in [-0.2, 0) is 20.4 Å². The lowest BCUT2D eigenvalue weighted by molar-refractivity contribution is -0.168. The smallest absolute Gasteiger partial charge is 0.344 e. The van der Waals surface area contributed by atoms with E-state index in [1.54, 1.807) is 0 Å². The first-order valence-electron chi connectivity index (χ1n) is 14.3. The highest BCUT2D eigenvalue weighted by Crippen LogP contribution is 2.53. The van der Waals surface area contributed by atoms with Gasteiger partial charge in [-0.3, -0.25) is 0 Å². The summed E-state index contributed by atoms with van der Waals surface area (Å²) in [5, 5.41) is 0. The maximum atomic E-state index is 13.1. The van der Waals surface area contributed by atoms with E-state index in [4.69, 9.17) is 9.47 Å². The Balaban J connectivity index is 1.15. The van der Waals surface area contributed by atoms with Crippen molar-refractivity contribution in [1.82, 2.24) is 0 Å². The van der Waals surface area contributed by atoms with Crippen LogP contribution in [0.3, 0.4) is 0 Å². The third kappa shape index (κ3) is 5.38. The van der Waals surface area contributed by atoms with Crippen molar-refractivity contribution in [2.75, 3.05) is 6.61 Å². The number of esters is 1. The molecule has 4 bridgehead atoms. The molecule has 4 heteroatoms. The summed E-state index contributed by atoms with van der Waals surface area (Å²) in [6, 6.07) is 27.5. The molecule has 0 heterocycles. The van der Waals surface area contributed by atoms with Crippen LogP contribution in [0.1, 0.15) is 57.4 Å². The van der Waals surface area contributed by atoms with Gasteiger partial charge in [0.1, 0.15) is 11.4 Å². The van der Waals surface area contributed by atoms with E-state index in [2.05, 4.69) is 86.6 Å². The fourth-order valence-electron chi connectivity index (χ4n) is 7.48. The Morgan fingerprint density at radius 3 is 2.03 bits per heavy atom. The summed E-state index contributed by atoms with van der Waals surface area (Å²) in [7, 11) is -0.210. The van der Waals surface area contributed by atoms with Gasteiger partial charge in [-0.05, 0) is 112 Å². The predicted octanol–water partition coefficient (Wildman–Crippen LogP) is 8.01. The number of aryl methyl sites for hydroxylation is 1. The summed E-state index contributed by atoms with van der Waals surface area (Å²) in [6.07, 6.45) is 8.87. The Hall–Kier alpha value is -2.72. The third-order valence-electron chi connectivity index (χ3n) is 9.14. The summed E-state index contributed by atoms with van der Waals surface area (Å²) in [5.74, 6) is 3.33. The number of hydrogen-bond acceptors (Lipinski definition) is 3. The number of carbonyl (C=O) groups excluding carboxylic acids is 1. The second kappa shape index (κ2) is 10.8. The molecule has 0 aliphatic heterocycles. The average Bonchev–Trinajstić information content (AvgIpc) is 3.33. The Morgan fingerprint density at radius 2 is 1.45 bits per heavy atom. The van der Waals surface area contributed by atoms with Crippen molar-refractivity contribution in [3.63, 3.8) is 0 Å². The van der Waals surface area contributed by atoms with Crippen LogP contribution in [0.15, 0.2) is 93.5 Å². The molecule has 0 spiro atoms. The zero-order valence-electron chi connectivity index (χ0n) is 22.6. The van der Waals surface area contributed by atoms with Crippen molar-refractivity contribution in [2.24, 2.45) is 23.7 Å². The first kappa shape index (κ1) is 25.6. The Morgan fingerprint density at radius 1 is 0.842 bits per heavy atom. The van der Waals surface area contributed by atoms with Crippen LogP contribution in [0.4, 0.5) is 0 Å². The third-order valence-corrected chi connectivity index (χ3v) is 11.5. The van der Waals surface area contributed by atoms with Crippen molar-refractivity contribution in [3.05, 3.63) is 84.4 Å². The van der Waals surface area contributed by atoms with E-state index in [1.165, 1.54) is 53.2 Å². The van der Waals surface area contributed by atoms with Gasteiger partial charge in [-0.25, -0.2) is 4.79 Å². The monoisotopic (exact) mass is 527 g/mol. The molecule has 38 heavy (non-hydrogen) atoms. The molecule has 4 aliphatic carbocycles. The molecular weight excluding hydrogens is 488 g/mol. The summed E-state index contributed by atoms with van der Waals surface area (Å²) in [5.41, 5.74) is 0.810. The van der Waals surface area contributed by atoms with E-state index in [0.717, 1.165) is 29.6 Å². The van der Waals surface area contributed by atoms with Gasteiger partial charge in [-0.2, -0.15) is 0 Å². The van der Waals surface area contributed by atoms with Crippen LogP contribution in [-0.4, -0.2) is 18.2 Å². The minimum Gasteiger partial charge on any atom is -0.482 e. The summed E-state index contributed by atoms with van der Waals surface area (Å²) >= 11 is 0. The van der Waals surface area contributed by atoms with E-state index >= 15 is 0 Å². The molecule has 0 amide bonds. The first-order chi connectivity index (χ1) is 18.5. The lowest BCUT2D eigenvalue weighted by Gasteiger charge is -2.36. The van der Waals surface area contributed by atoms with Gasteiger partial charge in [0.25, 0.3) is 0 Å². The van der Waals surface area contributed by atoms with E-state index in [9.17, 15) is 4.79 Å². The highest BCUT2D eigenvalue weighted by Gasteiger charge is 2.49. The van der Waals surface area contributed by atoms with Crippen molar-refractivity contribution in [2.45, 2.75) is 79.1 Å². The molecule has 3 atom stereocenters. The maximum absolute atomic E-state index is 13.1. The minimum atomic E-state index is -0.349. The SMILES string of the molecule is Cc1cc(OCC(=O)OC2(C)CC3CC4CCC(C3)CC2C4)ccc1[S+](c1ccccc1)c1ccccc1. The van der Waals surface area contributed by atoms with E-state index in [0.29, 0.717) is 11.8 Å². The first-order valence-corrected chi connectivity index (χ1v) is 15.5. The van der Waals surface area contributed by atoms with Crippen molar-refractivity contribution in [1.29, 1.82) is 0 Å². The maximum Gasteiger partial charge on any atom is 0.344 e. The predicted molar refractivity (Wildman–Crippen MR) is 152 cm³/mol. The van der Waals surface area contributed by atoms with E-state index < -0.39 is 0 Å². The number of ether oxygens (including phenoxy) is 2. The molecule has 3 aromatic carbocycles. The van der Waals surface area contributed by atoms with Crippen LogP contribution in [0, 0.1) is 30.6 Å². The van der Waals surface area contributed by atoms with Gasteiger partial charge in [0.05, 0.1) is 10.9 Å². The summed E-state index contributed by atoms with van der Waals surface area (Å²) in [4.78, 5) is 16.9. The van der Waals surface area contributed by atoms with Crippen molar-refractivity contribution >= 4 is 16.9 Å². The number of benzene rings is 3. The molecule has 3 unspecified atom stereocenters. The van der Waals surface area contributed by atoms with Crippen LogP contribution in [0.25, 0.3) is 0 Å². The Kier molecular flexibility index (Phi) is 7.27. The molecule has 3 nitrogen and oxygen atoms in total. The van der Waals surface area contributed by atoms with Gasteiger partial charge in [0.2, 0.25) is 0 Å². The molecule has 0 N–H and O–H groups in total. The normalized spacial score (nSPS) is 28.1. The average molecular weight is 528 g/mol. The summed E-state index contributed by atoms with van der Waals surface area (Å²) in [6.45, 7) is 4.29. The molecular formula is C34H39O3S+. The van der Waals surface area contributed by atoms with Gasteiger partial charge in [0, 0.05) is 5.56 Å². The molecule has 0 saturated heterocycles. The van der Waals surface area contributed by atoms with Gasteiger partial charge < -0.3 is 9.47 Å². The molecule has 0 radical (unpaired) electrons. The second-order valence-electron chi connectivity index (χ2n) is 12.0. The fourth-order valence-corrected chi connectivity index (χ4v) is 9.70. The van der Waals surface area contributed by atoms with Gasteiger partial charge in [-0.15, -0.1) is 0 Å². The molecule has 4 aliphatic rings. The zero-order chi connectivity index (χ0) is 26.1. The van der Waals surface area contributed by atoms with Crippen molar-refractivity contribution < 1.29 is 14.3 Å². The number of hydrogen-bond donors (Lipinski definition) is 0. The quantitative estimate of drug-likeness (QED) is 0.231. The second-order valence-corrected chi connectivity index (χ2v) is 13.9. The fraction of sp³-hybridized carbons (Fsp3) is 0.441. The van der Waals surface area contributed by atoms with Crippen LogP contribution < -0.4 is 4.74 Å². The Bertz CT molecular complexity index is 1200. The van der Waals surface area contributed by atoms with Gasteiger partial charge >= 0.3 is 5.97 Å². The van der Waals surface area contributed by atoms with Crippen molar-refractivity contribution in [3.8, 4) is 5.75 Å². The van der Waals surface area contributed by atoms with E-state index in [-0.39, 0.29) is 29.1 Å². The highest BCUT2D eigenvalue weighted by molar-refractivity contribution is 7.97. The summed E-state index contributed by atoms with van der Waals surface area (Å²) < 4.78 is 12.3. The molecule has 4 fully saturated rings. The number of carbonyl (C=O) groups is 1. The number of rotatable bonds is 7. The zero-order valence-corrected chi connectivity index (χ0v) is 23.4. The standard InChI is InChI=1S/C34H39O3S/c1-24-17-29(15-16-32(24)38(30-9-5-3-6-10-30)31-11-7-4-8-12-31)36-23-33(35)37-34(2)22-27-18-25-13-14-26(19-27)21-28(34)20-25/h3-12,15-17,25-28H,13-14,18-23H2,1-2H3/q+1. The highest BCUT2D eigenvalue weighted by atomic mass is 32.2. The molecule has 3 aromatic rings. The molecule has 198 valence electrons. The largest absolute Gasteiger partial charge is 0.482 e. The van der Waals surface area contributed by atoms with Gasteiger partial charge in [-0.1, -0.05) is 49.2 Å². The molecule has 7 rings (SSSR count). The molecule has 0 aromatic heterocycles. The lowest BCUT2D eigenvalue weighted by atomic mass is 9.80. The van der Waals surface area contributed by atoms with Crippen LogP contribution in [0.5, 0.6) is 5.75 Å². The van der Waals surface area contributed by atoms with E-state index in [1.807, 2.05) is 6.07 Å². The van der Waals surface area contributed by atoms with Crippen LogP contribution >= 0.6 is 0 Å². The Labute approximate surface area is 230 Å². The molecule has 4 saturated carbocycles. The topological polar surface area (TPSA) is 35.5 Å². The van der Waals surface area contributed by atoms with Crippen LogP contribution in [0.2, 0.25) is 0 Å². The van der Waals surface area contributed by atoms with Gasteiger partial charge in [0.15, 0.2) is 21.3 Å². The number of fused-ring (bicyclic) bond motifs is 2. The minimum absolute atomic E-state index is 0.0400.